The fourth-order valence-corrected chi connectivity index (χ4v) is 2.66. The van der Waals surface area contributed by atoms with Crippen molar-refractivity contribution in [2.75, 3.05) is 0 Å². The lowest BCUT2D eigenvalue weighted by Crippen LogP contribution is -2.05. The molecule has 0 spiro atoms. The second kappa shape index (κ2) is 5.65. The predicted octanol–water partition coefficient (Wildman–Crippen LogP) is 4.29. The van der Waals surface area contributed by atoms with Crippen molar-refractivity contribution in [3.63, 3.8) is 0 Å². The van der Waals surface area contributed by atoms with Gasteiger partial charge in [-0.1, -0.05) is 41.4 Å². The zero-order valence-corrected chi connectivity index (χ0v) is 11.9. The summed E-state index contributed by atoms with van der Waals surface area (Å²) in [5.74, 6) is -0.0719. The van der Waals surface area contributed by atoms with Crippen LogP contribution in [0.25, 0.3) is 0 Å². The van der Waals surface area contributed by atoms with Gasteiger partial charge in [-0.05, 0) is 23.3 Å². The van der Waals surface area contributed by atoms with Crippen LogP contribution in [0.2, 0.25) is 10.0 Å². The smallest absolute Gasteiger partial charge is 0.0922 e. The number of hydrogen-bond acceptors (Lipinski definition) is 2. The third kappa shape index (κ3) is 2.42. The first-order chi connectivity index (χ1) is 9.77. The SMILES string of the molecule is Clc1cccc(C(c2cccnc2)c2cnc[nH]2)c1Cl. The largest absolute Gasteiger partial charge is 0.348 e. The van der Waals surface area contributed by atoms with Crippen LogP contribution in [0, 0.1) is 0 Å². The van der Waals surface area contributed by atoms with Crippen LogP contribution in [0.4, 0.5) is 0 Å². The third-order valence-electron chi connectivity index (χ3n) is 3.14. The van der Waals surface area contributed by atoms with Gasteiger partial charge >= 0.3 is 0 Å². The van der Waals surface area contributed by atoms with Crippen LogP contribution in [0.15, 0.2) is 55.2 Å². The Balaban J connectivity index is 2.19. The van der Waals surface area contributed by atoms with E-state index in [1.54, 1.807) is 24.8 Å². The highest BCUT2D eigenvalue weighted by Gasteiger charge is 2.21. The number of nitrogens with zero attached hydrogens (tertiary/aromatic N) is 2. The van der Waals surface area contributed by atoms with Gasteiger partial charge < -0.3 is 4.98 Å². The Morgan fingerprint density at radius 1 is 1.00 bits per heavy atom. The maximum atomic E-state index is 6.37. The number of rotatable bonds is 3. The molecule has 0 aliphatic carbocycles. The number of benzene rings is 1. The van der Waals surface area contributed by atoms with Gasteiger partial charge in [-0.15, -0.1) is 0 Å². The van der Waals surface area contributed by atoms with Crippen LogP contribution in [0.1, 0.15) is 22.7 Å². The first-order valence-corrected chi connectivity index (χ1v) is 6.85. The summed E-state index contributed by atoms with van der Waals surface area (Å²) in [7, 11) is 0. The molecule has 0 aliphatic rings. The lowest BCUT2D eigenvalue weighted by molar-refractivity contribution is 0.923. The molecule has 0 saturated heterocycles. The third-order valence-corrected chi connectivity index (χ3v) is 3.97. The first-order valence-electron chi connectivity index (χ1n) is 6.09. The molecule has 0 saturated carbocycles. The second-order valence-electron chi connectivity index (χ2n) is 4.37. The van der Waals surface area contributed by atoms with Crippen molar-refractivity contribution >= 4 is 23.2 Å². The Morgan fingerprint density at radius 3 is 2.60 bits per heavy atom. The summed E-state index contributed by atoms with van der Waals surface area (Å²) in [4.78, 5) is 11.4. The number of H-pyrrole nitrogens is 1. The lowest BCUT2D eigenvalue weighted by Gasteiger charge is -2.18. The maximum Gasteiger partial charge on any atom is 0.0922 e. The van der Waals surface area contributed by atoms with Gasteiger partial charge in [-0.25, -0.2) is 4.98 Å². The van der Waals surface area contributed by atoms with E-state index < -0.39 is 0 Å². The molecule has 100 valence electrons. The van der Waals surface area contributed by atoms with Gasteiger partial charge in [0, 0.05) is 24.3 Å². The van der Waals surface area contributed by atoms with Crippen LogP contribution in [0.5, 0.6) is 0 Å². The predicted molar refractivity (Wildman–Crippen MR) is 80.2 cm³/mol. The number of nitrogens with one attached hydrogen (secondary N) is 1. The summed E-state index contributed by atoms with van der Waals surface area (Å²) < 4.78 is 0. The van der Waals surface area contributed by atoms with Gasteiger partial charge in [-0.2, -0.15) is 0 Å². The monoisotopic (exact) mass is 303 g/mol. The van der Waals surface area contributed by atoms with Gasteiger partial charge in [0.15, 0.2) is 0 Å². The molecule has 0 aliphatic heterocycles. The molecular weight excluding hydrogens is 293 g/mol. The lowest BCUT2D eigenvalue weighted by atomic mass is 9.90. The molecule has 1 atom stereocenters. The molecule has 0 amide bonds. The molecule has 3 nitrogen and oxygen atoms in total. The van der Waals surface area contributed by atoms with E-state index in [9.17, 15) is 0 Å². The highest BCUT2D eigenvalue weighted by atomic mass is 35.5. The van der Waals surface area contributed by atoms with Crippen LogP contribution in [0.3, 0.4) is 0 Å². The van der Waals surface area contributed by atoms with Crippen LogP contribution in [-0.4, -0.2) is 15.0 Å². The molecule has 0 fully saturated rings. The molecule has 1 unspecified atom stereocenters. The second-order valence-corrected chi connectivity index (χ2v) is 5.15. The Bertz CT molecular complexity index is 696. The molecule has 2 aromatic heterocycles. The van der Waals surface area contributed by atoms with Gasteiger partial charge in [-0.3, -0.25) is 4.98 Å². The minimum Gasteiger partial charge on any atom is -0.348 e. The van der Waals surface area contributed by atoms with Crippen molar-refractivity contribution in [2.24, 2.45) is 0 Å². The topological polar surface area (TPSA) is 41.6 Å². The first kappa shape index (κ1) is 13.2. The Hall–Kier alpha value is -1.84. The molecule has 1 aromatic carbocycles. The summed E-state index contributed by atoms with van der Waals surface area (Å²) >= 11 is 12.5. The van der Waals surface area contributed by atoms with Gasteiger partial charge in [0.1, 0.15) is 0 Å². The fourth-order valence-electron chi connectivity index (χ4n) is 2.24. The van der Waals surface area contributed by atoms with E-state index in [-0.39, 0.29) is 5.92 Å². The Labute approximate surface area is 126 Å². The molecule has 3 rings (SSSR count). The molecule has 1 N–H and O–H groups in total. The van der Waals surface area contributed by atoms with Crippen molar-refractivity contribution in [1.82, 2.24) is 15.0 Å². The van der Waals surface area contributed by atoms with Gasteiger partial charge in [0.05, 0.1) is 22.3 Å². The summed E-state index contributed by atoms with van der Waals surface area (Å²) in [6.07, 6.45) is 7.00. The highest BCUT2D eigenvalue weighted by molar-refractivity contribution is 6.42. The zero-order valence-electron chi connectivity index (χ0n) is 10.4. The Morgan fingerprint density at radius 2 is 1.90 bits per heavy atom. The number of imidazole rings is 1. The van der Waals surface area contributed by atoms with E-state index in [0.717, 1.165) is 16.8 Å². The average molecular weight is 304 g/mol. The molecule has 3 aromatic rings. The number of hydrogen-bond donors (Lipinski definition) is 1. The molecule has 20 heavy (non-hydrogen) atoms. The minimum atomic E-state index is -0.0719. The van der Waals surface area contributed by atoms with E-state index in [2.05, 4.69) is 15.0 Å². The van der Waals surface area contributed by atoms with Crippen LogP contribution < -0.4 is 0 Å². The average Bonchev–Trinajstić information content (AvgIpc) is 2.99. The summed E-state index contributed by atoms with van der Waals surface area (Å²) in [6.45, 7) is 0. The molecular formula is C15H11Cl2N3. The van der Waals surface area contributed by atoms with E-state index in [4.69, 9.17) is 23.2 Å². The number of aromatic nitrogens is 3. The minimum absolute atomic E-state index is 0.0719. The molecule has 2 heterocycles. The number of halogens is 2. The van der Waals surface area contributed by atoms with E-state index in [1.165, 1.54) is 0 Å². The van der Waals surface area contributed by atoms with Crippen molar-refractivity contribution in [3.05, 3.63) is 82.1 Å². The standard InChI is InChI=1S/C15H11Cl2N3/c16-12-5-1-4-11(15(12)17)14(13-8-19-9-20-13)10-3-2-6-18-7-10/h1-9,14H,(H,19,20). The normalized spacial score (nSPS) is 12.3. The molecule has 5 heteroatoms. The van der Waals surface area contributed by atoms with Crippen molar-refractivity contribution in [1.29, 1.82) is 0 Å². The van der Waals surface area contributed by atoms with Gasteiger partial charge in [0.25, 0.3) is 0 Å². The Kier molecular flexibility index (Phi) is 3.72. The summed E-state index contributed by atoms with van der Waals surface area (Å²) in [5, 5.41) is 1.09. The van der Waals surface area contributed by atoms with Crippen LogP contribution >= 0.6 is 23.2 Å². The van der Waals surface area contributed by atoms with Crippen molar-refractivity contribution in [2.45, 2.75) is 5.92 Å². The van der Waals surface area contributed by atoms with Crippen molar-refractivity contribution in [3.8, 4) is 0 Å². The fraction of sp³-hybridized carbons (Fsp3) is 0.0667. The number of pyridine rings is 1. The van der Waals surface area contributed by atoms with Gasteiger partial charge in [0.2, 0.25) is 0 Å². The highest BCUT2D eigenvalue weighted by Crippen LogP contribution is 2.37. The number of aromatic amines is 1. The molecule has 0 bridgehead atoms. The van der Waals surface area contributed by atoms with E-state index >= 15 is 0 Å². The van der Waals surface area contributed by atoms with Crippen molar-refractivity contribution < 1.29 is 0 Å². The van der Waals surface area contributed by atoms with Crippen LogP contribution in [-0.2, 0) is 0 Å². The summed E-state index contributed by atoms with van der Waals surface area (Å²) in [5.41, 5.74) is 2.90. The van der Waals surface area contributed by atoms with E-state index in [1.807, 2.05) is 30.5 Å². The quantitative estimate of drug-likeness (QED) is 0.784. The van der Waals surface area contributed by atoms with E-state index in [0.29, 0.717) is 10.0 Å². The maximum absolute atomic E-state index is 6.37. The summed E-state index contributed by atoms with van der Waals surface area (Å²) in [6, 6.07) is 9.55. The zero-order chi connectivity index (χ0) is 13.9. The molecule has 0 radical (unpaired) electrons.